The second-order valence-electron chi connectivity index (χ2n) is 4.88. The molecular formula is C14H11ClN2O4. The summed E-state index contributed by atoms with van der Waals surface area (Å²) in [7, 11) is 0. The lowest BCUT2D eigenvalue weighted by Gasteiger charge is -2.19. The molecule has 3 rings (SSSR count). The summed E-state index contributed by atoms with van der Waals surface area (Å²) in [4.78, 5) is 48.9. The molecule has 0 radical (unpaired) electrons. The molecule has 2 saturated heterocycles. The van der Waals surface area contributed by atoms with Gasteiger partial charge in [-0.1, -0.05) is 11.6 Å². The average Bonchev–Trinajstić information content (AvgIpc) is 2.94. The summed E-state index contributed by atoms with van der Waals surface area (Å²) in [5.41, 5.74) is 0.641. The Morgan fingerprint density at radius 3 is 1.71 bits per heavy atom. The molecule has 1 aromatic carbocycles. The Labute approximate surface area is 125 Å². The van der Waals surface area contributed by atoms with Gasteiger partial charge in [0, 0.05) is 25.7 Å². The molecule has 108 valence electrons. The molecule has 0 spiro atoms. The molecule has 0 N–H and O–H groups in total. The predicted octanol–water partition coefficient (Wildman–Crippen LogP) is 1.65. The number of anilines is 2. The molecule has 0 atom stereocenters. The highest BCUT2D eigenvalue weighted by Gasteiger charge is 2.33. The average molecular weight is 307 g/mol. The molecule has 1 aromatic rings. The van der Waals surface area contributed by atoms with Crippen molar-refractivity contribution < 1.29 is 19.2 Å². The van der Waals surface area contributed by atoms with Gasteiger partial charge < -0.3 is 0 Å². The number of nitrogens with zero attached hydrogens (tertiary/aromatic N) is 2. The number of carbonyl (C=O) groups is 4. The van der Waals surface area contributed by atoms with Gasteiger partial charge in [-0.25, -0.2) is 4.90 Å². The van der Waals surface area contributed by atoms with Gasteiger partial charge >= 0.3 is 0 Å². The summed E-state index contributed by atoms with van der Waals surface area (Å²) in [6.07, 6.45) is 0.697. The van der Waals surface area contributed by atoms with Crippen LogP contribution in [-0.4, -0.2) is 23.6 Å². The van der Waals surface area contributed by atoms with Crippen LogP contribution in [0, 0.1) is 0 Å². The number of hydrogen-bond acceptors (Lipinski definition) is 4. The fraction of sp³-hybridized carbons (Fsp3) is 0.286. The molecule has 0 aromatic heterocycles. The van der Waals surface area contributed by atoms with Crippen LogP contribution in [0.15, 0.2) is 18.2 Å². The first-order valence-corrected chi connectivity index (χ1v) is 6.88. The maximum atomic E-state index is 11.7. The number of imide groups is 2. The number of hydrogen-bond donors (Lipinski definition) is 0. The van der Waals surface area contributed by atoms with Crippen LogP contribution >= 0.6 is 11.6 Å². The van der Waals surface area contributed by atoms with E-state index in [1.807, 2.05) is 0 Å². The standard InChI is InChI=1S/C14H11ClN2O4/c15-9-7-8(16-11(18)3-4-12(16)19)1-2-10(9)17-13(20)5-6-14(17)21/h1-2,7H,3-6H2. The summed E-state index contributed by atoms with van der Waals surface area (Å²) in [6, 6.07) is 4.43. The van der Waals surface area contributed by atoms with Gasteiger partial charge in [-0.3, -0.25) is 24.1 Å². The number of carbonyl (C=O) groups excluding carboxylic acids is 4. The molecule has 0 bridgehead atoms. The maximum Gasteiger partial charge on any atom is 0.234 e. The molecule has 0 aliphatic carbocycles. The molecule has 2 heterocycles. The molecular weight excluding hydrogens is 296 g/mol. The second kappa shape index (κ2) is 4.96. The van der Waals surface area contributed by atoms with Crippen LogP contribution in [0.3, 0.4) is 0 Å². The highest BCUT2D eigenvalue weighted by atomic mass is 35.5. The zero-order valence-electron chi connectivity index (χ0n) is 11.0. The minimum absolute atomic E-state index is 0.156. The zero-order valence-corrected chi connectivity index (χ0v) is 11.7. The minimum atomic E-state index is -0.303. The van der Waals surface area contributed by atoms with Crippen molar-refractivity contribution in [1.82, 2.24) is 0 Å². The fourth-order valence-corrected chi connectivity index (χ4v) is 2.79. The van der Waals surface area contributed by atoms with Gasteiger partial charge in [0.15, 0.2) is 0 Å². The van der Waals surface area contributed by atoms with Gasteiger partial charge in [0.2, 0.25) is 23.6 Å². The van der Waals surface area contributed by atoms with E-state index in [0.29, 0.717) is 5.69 Å². The number of amides is 4. The van der Waals surface area contributed by atoms with E-state index in [2.05, 4.69) is 0 Å². The van der Waals surface area contributed by atoms with Crippen molar-refractivity contribution in [2.24, 2.45) is 0 Å². The topological polar surface area (TPSA) is 74.8 Å². The Hall–Kier alpha value is -2.21. The first-order chi connectivity index (χ1) is 9.99. The Morgan fingerprint density at radius 1 is 0.762 bits per heavy atom. The Kier molecular flexibility index (Phi) is 3.25. The van der Waals surface area contributed by atoms with Crippen molar-refractivity contribution in [3.63, 3.8) is 0 Å². The van der Waals surface area contributed by atoms with Gasteiger partial charge in [-0.05, 0) is 18.2 Å². The van der Waals surface area contributed by atoms with Gasteiger partial charge in [-0.15, -0.1) is 0 Å². The van der Waals surface area contributed by atoms with E-state index in [0.717, 1.165) is 9.80 Å². The van der Waals surface area contributed by atoms with Gasteiger partial charge in [0.25, 0.3) is 0 Å². The van der Waals surface area contributed by atoms with Crippen LogP contribution in [0.4, 0.5) is 11.4 Å². The third-order valence-electron chi connectivity index (χ3n) is 3.53. The smallest absolute Gasteiger partial charge is 0.234 e. The quantitative estimate of drug-likeness (QED) is 0.779. The molecule has 2 fully saturated rings. The summed E-state index contributed by atoms with van der Waals surface area (Å²) in [5.74, 6) is -1.17. The lowest BCUT2D eigenvalue weighted by atomic mass is 10.2. The molecule has 21 heavy (non-hydrogen) atoms. The molecule has 2 aliphatic rings. The van der Waals surface area contributed by atoms with Crippen molar-refractivity contribution in [1.29, 1.82) is 0 Å². The lowest BCUT2D eigenvalue weighted by Crippen LogP contribution is -2.30. The maximum absolute atomic E-state index is 11.7. The predicted molar refractivity (Wildman–Crippen MR) is 74.9 cm³/mol. The highest BCUT2D eigenvalue weighted by Crippen LogP contribution is 2.34. The summed E-state index contributed by atoms with van der Waals surface area (Å²) >= 11 is 6.12. The summed E-state index contributed by atoms with van der Waals surface area (Å²) < 4.78 is 0. The largest absolute Gasteiger partial charge is 0.274 e. The first kappa shape index (κ1) is 13.8. The van der Waals surface area contributed by atoms with Crippen LogP contribution in [0.25, 0.3) is 0 Å². The summed E-state index contributed by atoms with van der Waals surface area (Å²) in [6.45, 7) is 0. The van der Waals surface area contributed by atoms with Crippen molar-refractivity contribution >= 4 is 46.6 Å². The fourth-order valence-electron chi connectivity index (χ4n) is 2.53. The Bertz CT molecular complexity index is 654. The Balaban J connectivity index is 1.97. The van der Waals surface area contributed by atoms with Gasteiger partial charge in [-0.2, -0.15) is 0 Å². The minimum Gasteiger partial charge on any atom is -0.274 e. The van der Waals surface area contributed by atoms with E-state index in [9.17, 15) is 19.2 Å². The third kappa shape index (κ3) is 2.21. The molecule has 7 heteroatoms. The molecule has 6 nitrogen and oxygen atoms in total. The lowest BCUT2D eigenvalue weighted by molar-refractivity contribution is -0.122. The molecule has 0 saturated carbocycles. The van der Waals surface area contributed by atoms with Crippen molar-refractivity contribution in [3.8, 4) is 0 Å². The third-order valence-corrected chi connectivity index (χ3v) is 3.84. The van der Waals surface area contributed by atoms with Crippen LogP contribution in [0.2, 0.25) is 5.02 Å². The molecule has 0 unspecified atom stereocenters. The van der Waals surface area contributed by atoms with Crippen molar-refractivity contribution in [2.75, 3.05) is 9.80 Å². The zero-order chi connectivity index (χ0) is 15.1. The van der Waals surface area contributed by atoms with Crippen LogP contribution in [0.1, 0.15) is 25.7 Å². The summed E-state index contributed by atoms with van der Waals surface area (Å²) in [5, 5.41) is 0.156. The first-order valence-electron chi connectivity index (χ1n) is 6.50. The SMILES string of the molecule is O=C1CCC(=O)N1c1ccc(N2C(=O)CCC2=O)c(Cl)c1. The normalized spacial score (nSPS) is 19.1. The monoisotopic (exact) mass is 306 g/mol. The number of benzene rings is 1. The van der Waals surface area contributed by atoms with Crippen LogP contribution < -0.4 is 9.80 Å². The number of halogens is 1. The van der Waals surface area contributed by atoms with Crippen molar-refractivity contribution in [3.05, 3.63) is 23.2 Å². The Morgan fingerprint density at radius 2 is 1.24 bits per heavy atom. The van der Waals surface area contributed by atoms with Crippen molar-refractivity contribution in [2.45, 2.75) is 25.7 Å². The van der Waals surface area contributed by atoms with E-state index >= 15 is 0 Å². The number of rotatable bonds is 2. The van der Waals surface area contributed by atoms with Gasteiger partial charge in [0.1, 0.15) is 0 Å². The van der Waals surface area contributed by atoms with Crippen LogP contribution in [-0.2, 0) is 19.2 Å². The van der Waals surface area contributed by atoms with E-state index in [-0.39, 0.29) is 60.0 Å². The molecule has 2 aliphatic heterocycles. The van der Waals surface area contributed by atoms with E-state index < -0.39 is 0 Å². The van der Waals surface area contributed by atoms with E-state index in [4.69, 9.17) is 11.6 Å². The van der Waals surface area contributed by atoms with E-state index in [1.54, 1.807) is 0 Å². The van der Waals surface area contributed by atoms with Crippen LogP contribution in [0.5, 0.6) is 0 Å². The highest BCUT2D eigenvalue weighted by molar-refractivity contribution is 6.36. The second-order valence-corrected chi connectivity index (χ2v) is 5.29. The van der Waals surface area contributed by atoms with E-state index in [1.165, 1.54) is 18.2 Å². The molecule has 4 amide bonds. The van der Waals surface area contributed by atoms with Gasteiger partial charge in [0.05, 0.1) is 16.4 Å².